The fourth-order valence-corrected chi connectivity index (χ4v) is 2.43. The van der Waals surface area contributed by atoms with Crippen LogP contribution < -0.4 is 10.6 Å². The molecule has 1 aliphatic rings. The Hall–Kier alpha value is -0.870. The minimum absolute atomic E-state index is 0. The Bertz CT molecular complexity index is 364. The number of aromatic nitrogens is 2. The van der Waals surface area contributed by atoms with Crippen molar-refractivity contribution in [1.82, 2.24) is 9.97 Å². The summed E-state index contributed by atoms with van der Waals surface area (Å²) in [6.07, 6.45) is 5.16. The van der Waals surface area contributed by atoms with Gasteiger partial charge in [-0.2, -0.15) is 0 Å². The molecule has 0 atom stereocenters. The summed E-state index contributed by atoms with van der Waals surface area (Å²) >= 11 is 0. The Kier molecular flexibility index (Phi) is 5.82. The number of hydrogen-bond donors (Lipinski definition) is 1. The van der Waals surface area contributed by atoms with Crippen molar-refractivity contribution in [1.29, 1.82) is 0 Å². The van der Waals surface area contributed by atoms with Crippen LogP contribution in [0.1, 0.15) is 42.6 Å². The van der Waals surface area contributed by atoms with Gasteiger partial charge >= 0.3 is 0 Å². The number of rotatable bonds is 2. The van der Waals surface area contributed by atoms with Crippen LogP contribution in [0.4, 0.5) is 5.95 Å². The van der Waals surface area contributed by atoms with Gasteiger partial charge < -0.3 is 10.6 Å². The number of nitrogens with zero attached hydrogens (tertiary/aromatic N) is 3. The molecule has 0 bridgehead atoms. The van der Waals surface area contributed by atoms with E-state index in [1.54, 1.807) is 0 Å². The first-order valence-corrected chi connectivity index (χ1v) is 6.51. The molecule has 0 aliphatic carbocycles. The largest absolute Gasteiger partial charge is 0.341 e. The number of aryl methyl sites for hydroxylation is 2. The van der Waals surface area contributed by atoms with Crippen LogP contribution in [0.3, 0.4) is 0 Å². The van der Waals surface area contributed by atoms with E-state index < -0.39 is 0 Å². The van der Waals surface area contributed by atoms with Crippen LogP contribution in [-0.2, 0) is 6.54 Å². The average molecular weight is 271 g/mol. The number of anilines is 1. The molecule has 1 aromatic rings. The summed E-state index contributed by atoms with van der Waals surface area (Å²) in [6, 6.07) is 0. The lowest BCUT2D eigenvalue weighted by Gasteiger charge is -2.21. The smallest absolute Gasteiger partial charge is 0.225 e. The molecule has 18 heavy (non-hydrogen) atoms. The zero-order valence-electron chi connectivity index (χ0n) is 11.3. The molecule has 1 aliphatic heterocycles. The van der Waals surface area contributed by atoms with Crippen molar-refractivity contribution < 1.29 is 0 Å². The molecule has 0 spiro atoms. The summed E-state index contributed by atoms with van der Waals surface area (Å²) < 4.78 is 0. The van der Waals surface area contributed by atoms with Crippen molar-refractivity contribution in [2.75, 3.05) is 18.0 Å². The maximum absolute atomic E-state index is 5.71. The van der Waals surface area contributed by atoms with Crippen LogP contribution in [-0.4, -0.2) is 23.1 Å². The van der Waals surface area contributed by atoms with Gasteiger partial charge in [0.15, 0.2) is 0 Å². The molecule has 5 heteroatoms. The number of hydrogen-bond acceptors (Lipinski definition) is 4. The summed E-state index contributed by atoms with van der Waals surface area (Å²) in [5.74, 6) is 0.888. The quantitative estimate of drug-likeness (QED) is 0.896. The van der Waals surface area contributed by atoms with Gasteiger partial charge in [0.05, 0.1) is 0 Å². The molecule has 102 valence electrons. The molecule has 0 aromatic carbocycles. The lowest BCUT2D eigenvalue weighted by Crippen LogP contribution is -2.27. The maximum Gasteiger partial charge on any atom is 0.225 e. The highest BCUT2D eigenvalue weighted by atomic mass is 35.5. The minimum atomic E-state index is 0. The molecule has 2 rings (SSSR count). The third kappa shape index (κ3) is 3.33. The van der Waals surface area contributed by atoms with Crippen LogP contribution in [0, 0.1) is 13.8 Å². The van der Waals surface area contributed by atoms with Gasteiger partial charge in [-0.25, -0.2) is 9.97 Å². The molecule has 0 saturated carbocycles. The summed E-state index contributed by atoms with van der Waals surface area (Å²) in [6.45, 7) is 6.75. The second-order valence-corrected chi connectivity index (χ2v) is 4.78. The topological polar surface area (TPSA) is 55.0 Å². The van der Waals surface area contributed by atoms with Crippen LogP contribution in [0.5, 0.6) is 0 Å². The molecule has 2 heterocycles. The third-order valence-electron chi connectivity index (χ3n) is 3.50. The normalized spacial score (nSPS) is 16.1. The first kappa shape index (κ1) is 15.2. The van der Waals surface area contributed by atoms with Crippen molar-refractivity contribution in [3.63, 3.8) is 0 Å². The van der Waals surface area contributed by atoms with E-state index in [9.17, 15) is 0 Å². The summed E-state index contributed by atoms with van der Waals surface area (Å²) in [5.41, 5.74) is 8.85. The van der Waals surface area contributed by atoms with E-state index in [4.69, 9.17) is 5.73 Å². The molecule has 4 nitrogen and oxygen atoms in total. The Balaban J connectivity index is 0.00000162. The van der Waals surface area contributed by atoms with Gasteiger partial charge in [-0.1, -0.05) is 12.8 Å². The van der Waals surface area contributed by atoms with Gasteiger partial charge in [-0.05, 0) is 26.7 Å². The van der Waals surface area contributed by atoms with Gasteiger partial charge in [0.2, 0.25) is 5.95 Å². The molecule has 0 unspecified atom stereocenters. The molecular formula is C13H23ClN4. The standard InChI is InChI=1S/C13H22N4.ClH/c1-10-12(9-14)11(2)16-13(15-10)17-7-5-3-4-6-8-17;/h3-9,14H2,1-2H3;1H. The summed E-state index contributed by atoms with van der Waals surface area (Å²) in [5, 5.41) is 0. The molecule has 0 amide bonds. The zero-order chi connectivity index (χ0) is 12.3. The van der Waals surface area contributed by atoms with Crippen LogP contribution in [0.2, 0.25) is 0 Å². The summed E-state index contributed by atoms with van der Waals surface area (Å²) in [4.78, 5) is 11.5. The van der Waals surface area contributed by atoms with Gasteiger partial charge in [0.1, 0.15) is 0 Å². The number of halogens is 1. The molecule has 1 saturated heterocycles. The SMILES string of the molecule is Cc1nc(N2CCCCCC2)nc(C)c1CN.Cl. The Morgan fingerprint density at radius 1 is 1.00 bits per heavy atom. The van der Waals surface area contributed by atoms with Crippen LogP contribution in [0.25, 0.3) is 0 Å². The Labute approximate surface area is 115 Å². The Morgan fingerprint density at radius 2 is 1.50 bits per heavy atom. The maximum atomic E-state index is 5.71. The fraction of sp³-hybridized carbons (Fsp3) is 0.692. The van der Waals surface area contributed by atoms with E-state index in [0.29, 0.717) is 6.54 Å². The van der Waals surface area contributed by atoms with Gasteiger partial charge in [0.25, 0.3) is 0 Å². The van der Waals surface area contributed by atoms with E-state index in [2.05, 4.69) is 14.9 Å². The predicted molar refractivity (Wildman–Crippen MR) is 77.3 cm³/mol. The number of nitrogens with two attached hydrogens (primary N) is 1. The van der Waals surface area contributed by atoms with Crippen molar-refractivity contribution in [3.8, 4) is 0 Å². The summed E-state index contributed by atoms with van der Waals surface area (Å²) in [7, 11) is 0. The lowest BCUT2D eigenvalue weighted by molar-refractivity contribution is 0.726. The van der Waals surface area contributed by atoms with Crippen LogP contribution in [0.15, 0.2) is 0 Å². The van der Waals surface area contributed by atoms with Crippen molar-refractivity contribution in [3.05, 3.63) is 17.0 Å². The Morgan fingerprint density at radius 3 is 1.94 bits per heavy atom. The second-order valence-electron chi connectivity index (χ2n) is 4.78. The molecule has 2 N–H and O–H groups in total. The fourth-order valence-electron chi connectivity index (χ4n) is 2.43. The van der Waals surface area contributed by atoms with E-state index in [1.165, 1.54) is 25.7 Å². The molecule has 1 fully saturated rings. The zero-order valence-corrected chi connectivity index (χ0v) is 12.1. The van der Waals surface area contributed by atoms with Crippen molar-refractivity contribution >= 4 is 18.4 Å². The lowest BCUT2D eigenvalue weighted by atomic mass is 10.2. The van der Waals surface area contributed by atoms with Crippen LogP contribution >= 0.6 is 12.4 Å². The molecular weight excluding hydrogens is 248 g/mol. The van der Waals surface area contributed by atoms with E-state index in [-0.39, 0.29) is 12.4 Å². The van der Waals surface area contributed by atoms with E-state index in [1.807, 2.05) is 13.8 Å². The first-order valence-electron chi connectivity index (χ1n) is 6.51. The molecule has 1 aromatic heterocycles. The monoisotopic (exact) mass is 270 g/mol. The highest BCUT2D eigenvalue weighted by Gasteiger charge is 2.14. The van der Waals surface area contributed by atoms with E-state index >= 15 is 0 Å². The predicted octanol–water partition coefficient (Wildman–Crippen LogP) is 2.35. The molecule has 0 radical (unpaired) electrons. The highest BCUT2D eigenvalue weighted by Crippen LogP contribution is 2.18. The highest BCUT2D eigenvalue weighted by molar-refractivity contribution is 5.85. The first-order chi connectivity index (χ1) is 8.22. The van der Waals surface area contributed by atoms with E-state index in [0.717, 1.165) is 36.0 Å². The van der Waals surface area contributed by atoms with Crippen molar-refractivity contribution in [2.24, 2.45) is 5.73 Å². The van der Waals surface area contributed by atoms with Gasteiger partial charge in [-0.3, -0.25) is 0 Å². The second kappa shape index (κ2) is 6.90. The van der Waals surface area contributed by atoms with Gasteiger partial charge in [-0.15, -0.1) is 12.4 Å². The minimum Gasteiger partial charge on any atom is -0.341 e. The van der Waals surface area contributed by atoms with Gasteiger partial charge in [0, 0.05) is 36.6 Å². The van der Waals surface area contributed by atoms with Crippen molar-refractivity contribution in [2.45, 2.75) is 46.1 Å². The third-order valence-corrected chi connectivity index (χ3v) is 3.50. The average Bonchev–Trinajstić information content (AvgIpc) is 2.57.